The Balaban J connectivity index is 0.00000264. The van der Waals surface area contributed by atoms with Crippen molar-refractivity contribution in [2.24, 2.45) is 4.99 Å². The van der Waals surface area contributed by atoms with Crippen molar-refractivity contribution in [3.05, 3.63) is 0 Å². The number of halogens is 1. The van der Waals surface area contributed by atoms with Crippen LogP contribution in [0.1, 0.15) is 64.7 Å². The summed E-state index contributed by atoms with van der Waals surface area (Å²) in [6, 6.07) is 0.519. The van der Waals surface area contributed by atoms with Crippen molar-refractivity contribution in [2.75, 3.05) is 19.3 Å². The number of hydrogen-bond acceptors (Lipinski definition) is 3. The maximum absolute atomic E-state index is 10.6. The Hall–Kier alpha value is 0.310. The third kappa shape index (κ3) is 7.38. The molecule has 2 aliphatic rings. The summed E-state index contributed by atoms with van der Waals surface area (Å²) in [5.41, 5.74) is -0.574. The number of aliphatic hydroxyl groups is 1. The second-order valence-electron chi connectivity index (χ2n) is 6.85. The molecule has 0 aromatic rings. The highest BCUT2D eigenvalue weighted by molar-refractivity contribution is 14.0. The van der Waals surface area contributed by atoms with Gasteiger partial charge in [0.1, 0.15) is 0 Å². The summed E-state index contributed by atoms with van der Waals surface area (Å²) in [4.78, 5) is 4.69. The Bertz CT molecular complexity index is 362. The smallest absolute Gasteiger partial charge is 0.191 e. The van der Waals surface area contributed by atoms with Gasteiger partial charge in [0.15, 0.2) is 5.96 Å². The fourth-order valence-corrected chi connectivity index (χ4v) is 4.42. The molecule has 0 aliphatic heterocycles. The summed E-state index contributed by atoms with van der Waals surface area (Å²) in [6.07, 6.45) is 12.6. The molecule has 0 heterocycles. The number of nitrogens with zero attached hydrogens (tertiary/aromatic N) is 1. The van der Waals surface area contributed by atoms with Crippen molar-refractivity contribution in [2.45, 2.75) is 81.6 Å². The summed E-state index contributed by atoms with van der Waals surface area (Å²) < 4.78 is 0. The quantitative estimate of drug-likeness (QED) is 0.337. The molecule has 0 amide bonds. The van der Waals surface area contributed by atoms with Gasteiger partial charge >= 0.3 is 0 Å². The number of aliphatic imine (C=N–C) groups is 1. The van der Waals surface area contributed by atoms with Crippen molar-refractivity contribution >= 4 is 41.7 Å². The van der Waals surface area contributed by atoms with Crippen LogP contribution in [0.4, 0.5) is 0 Å². The monoisotopic (exact) mass is 455 g/mol. The van der Waals surface area contributed by atoms with Gasteiger partial charge in [-0.15, -0.1) is 24.0 Å². The molecule has 2 aliphatic carbocycles. The van der Waals surface area contributed by atoms with Gasteiger partial charge < -0.3 is 15.7 Å². The lowest BCUT2D eigenvalue weighted by Crippen LogP contribution is -2.46. The van der Waals surface area contributed by atoms with Gasteiger partial charge in [0.05, 0.1) is 12.1 Å². The predicted molar refractivity (Wildman–Crippen MR) is 112 cm³/mol. The molecule has 0 bridgehead atoms. The molecular formula is C17H34IN3OS. The van der Waals surface area contributed by atoms with E-state index < -0.39 is 5.60 Å². The number of thioether (sulfide) groups is 1. The molecule has 0 saturated heterocycles. The van der Waals surface area contributed by atoms with Crippen molar-refractivity contribution < 1.29 is 5.11 Å². The lowest BCUT2D eigenvalue weighted by molar-refractivity contribution is 0.0131. The van der Waals surface area contributed by atoms with E-state index in [4.69, 9.17) is 4.99 Å². The molecule has 23 heavy (non-hydrogen) atoms. The van der Waals surface area contributed by atoms with Gasteiger partial charge in [-0.2, -0.15) is 11.8 Å². The third-order valence-corrected chi connectivity index (χ3v) is 6.06. The summed E-state index contributed by atoms with van der Waals surface area (Å²) in [5.74, 6) is 0.883. The fraction of sp³-hybridized carbons (Fsp3) is 0.941. The minimum absolute atomic E-state index is 0. The first-order valence-electron chi connectivity index (χ1n) is 8.95. The van der Waals surface area contributed by atoms with E-state index >= 15 is 0 Å². The molecule has 0 aromatic heterocycles. The SMILES string of the molecule is CCNC(=NCC1(O)CCCCC1)NC1CCCC(SC)C1.I. The average Bonchev–Trinajstić information content (AvgIpc) is 2.54. The first kappa shape index (κ1) is 21.4. The van der Waals surface area contributed by atoms with E-state index in [9.17, 15) is 5.11 Å². The van der Waals surface area contributed by atoms with Crippen molar-refractivity contribution in [1.82, 2.24) is 10.6 Å². The third-order valence-electron chi connectivity index (χ3n) is 4.96. The first-order valence-corrected chi connectivity index (χ1v) is 10.2. The molecule has 0 aromatic carbocycles. The highest BCUT2D eigenvalue weighted by Gasteiger charge is 2.29. The van der Waals surface area contributed by atoms with Gasteiger partial charge in [-0.05, 0) is 45.3 Å². The molecule has 136 valence electrons. The maximum atomic E-state index is 10.6. The van der Waals surface area contributed by atoms with Crippen LogP contribution in [0.5, 0.6) is 0 Å². The lowest BCUT2D eigenvalue weighted by Gasteiger charge is -2.32. The average molecular weight is 455 g/mol. The van der Waals surface area contributed by atoms with Crippen LogP contribution >= 0.6 is 35.7 Å². The Kier molecular flexibility index (Phi) is 10.2. The summed E-state index contributed by atoms with van der Waals surface area (Å²) in [5, 5.41) is 18.3. The molecule has 0 spiro atoms. The molecule has 2 rings (SSSR count). The van der Waals surface area contributed by atoms with Gasteiger partial charge in [-0.3, -0.25) is 4.99 Å². The second-order valence-corrected chi connectivity index (χ2v) is 7.98. The maximum Gasteiger partial charge on any atom is 0.191 e. The van der Waals surface area contributed by atoms with Crippen LogP contribution in [0.15, 0.2) is 4.99 Å². The number of guanidine groups is 1. The summed E-state index contributed by atoms with van der Waals surface area (Å²) in [7, 11) is 0. The minimum atomic E-state index is -0.574. The number of nitrogens with one attached hydrogen (secondary N) is 2. The Morgan fingerprint density at radius 2 is 1.96 bits per heavy atom. The predicted octanol–water partition coefficient (Wildman–Crippen LogP) is 3.53. The van der Waals surface area contributed by atoms with Gasteiger partial charge in [-0.1, -0.05) is 25.7 Å². The molecule has 2 saturated carbocycles. The zero-order valence-electron chi connectivity index (χ0n) is 14.6. The summed E-state index contributed by atoms with van der Waals surface area (Å²) in [6.45, 7) is 3.49. The molecule has 4 nitrogen and oxygen atoms in total. The van der Waals surface area contributed by atoms with Crippen LogP contribution in [-0.2, 0) is 0 Å². The van der Waals surface area contributed by atoms with E-state index in [0.717, 1.165) is 43.4 Å². The van der Waals surface area contributed by atoms with Crippen LogP contribution in [0.2, 0.25) is 0 Å². The molecule has 6 heteroatoms. The van der Waals surface area contributed by atoms with E-state index in [1.165, 1.54) is 32.1 Å². The number of hydrogen-bond donors (Lipinski definition) is 3. The molecule has 2 fully saturated rings. The fourth-order valence-electron chi connectivity index (χ4n) is 3.60. The normalized spacial score (nSPS) is 27.9. The molecule has 3 N–H and O–H groups in total. The van der Waals surface area contributed by atoms with E-state index in [1.54, 1.807) is 0 Å². The van der Waals surface area contributed by atoms with Crippen molar-refractivity contribution in [3.8, 4) is 0 Å². The summed E-state index contributed by atoms with van der Waals surface area (Å²) >= 11 is 1.99. The van der Waals surface area contributed by atoms with Crippen molar-refractivity contribution in [3.63, 3.8) is 0 Å². The van der Waals surface area contributed by atoms with Crippen molar-refractivity contribution in [1.29, 1.82) is 0 Å². The standard InChI is InChI=1S/C17H33N3OS.HI/c1-3-18-16(19-13-17(21)10-5-4-6-11-17)20-14-8-7-9-15(12-14)22-2;/h14-15,21H,3-13H2,1-2H3,(H2,18,19,20);1H. The first-order chi connectivity index (χ1) is 10.6. The van der Waals surface area contributed by atoms with E-state index in [-0.39, 0.29) is 24.0 Å². The highest BCUT2D eigenvalue weighted by atomic mass is 127. The van der Waals surface area contributed by atoms with Gasteiger partial charge in [0.25, 0.3) is 0 Å². The Morgan fingerprint density at radius 1 is 1.22 bits per heavy atom. The Morgan fingerprint density at radius 3 is 2.61 bits per heavy atom. The minimum Gasteiger partial charge on any atom is -0.388 e. The van der Waals surface area contributed by atoms with E-state index in [2.05, 4.69) is 23.8 Å². The van der Waals surface area contributed by atoms with Gasteiger partial charge in [0.2, 0.25) is 0 Å². The molecular weight excluding hydrogens is 421 g/mol. The molecule has 0 radical (unpaired) electrons. The van der Waals surface area contributed by atoms with Gasteiger partial charge in [0, 0.05) is 17.8 Å². The van der Waals surface area contributed by atoms with E-state index in [1.807, 2.05) is 11.8 Å². The van der Waals surface area contributed by atoms with Crippen LogP contribution in [0.3, 0.4) is 0 Å². The van der Waals surface area contributed by atoms with Crippen LogP contribution in [0, 0.1) is 0 Å². The largest absolute Gasteiger partial charge is 0.388 e. The van der Waals surface area contributed by atoms with Crippen LogP contribution in [-0.4, -0.2) is 47.3 Å². The molecule has 2 atom stereocenters. The van der Waals surface area contributed by atoms with Crippen LogP contribution < -0.4 is 10.6 Å². The van der Waals surface area contributed by atoms with E-state index in [0.29, 0.717) is 12.6 Å². The zero-order valence-corrected chi connectivity index (χ0v) is 17.8. The molecule has 2 unspecified atom stereocenters. The zero-order chi connectivity index (χ0) is 15.8. The van der Waals surface area contributed by atoms with Gasteiger partial charge in [-0.25, -0.2) is 0 Å². The topological polar surface area (TPSA) is 56.7 Å². The highest BCUT2D eigenvalue weighted by Crippen LogP contribution is 2.28. The second kappa shape index (κ2) is 11.0. The van der Waals surface area contributed by atoms with Crippen LogP contribution in [0.25, 0.3) is 0 Å². The Labute approximate surface area is 163 Å². The number of rotatable bonds is 5. The lowest BCUT2D eigenvalue weighted by atomic mass is 9.85.